The van der Waals surface area contributed by atoms with Crippen LogP contribution in [0.3, 0.4) is 0 Å². The van der Waals surface area contributed by atoms with Crippen molar-refractivity contribution in [3.8, 4) is 0 Å². The molecule has 0 atom stereocenters. The molecule has 1 saturated carbocycles. The largest absolute Gasteiger partial charge is 0.346 e. The standard InChI is InChI=1S/C9H18N2O/c1-4-11(3)9(12)7-5-8(6-7)10-2/h7-8,10H,4-6H2,1-3H3. The molecule has 12 heavy (non-hydrogen) atoms. The van der Waals surface area contributed by atoms with E-state index in [1.807, 2.05) is 21.0 Å². The molecule has 1 rings (SSSR count). The van der Waals surface area contributed by atoms with Crippen LogP contribution in [0.2, 0.25) is 0 Å². The van der Waals surface area contributed by atoms with Gasteiger partial charge in [-0.1, -0.05) is 0 Å². The fraction of sp³-hybridized carbons (Fsp3) is 0.889. The first-order valence-electron chi connectivity index (χ1n) is 4.61. The van der Waals surface area contributed by atoms with Gasteiger partial charge in [-0.15, -0.1) is 0 Å². The van der Waals surface area contributed by atoms with Crippen molar-refractivity contribution in [1.82, 2.24) is 10.2 Å². The molecule has 3 heteroatoms. The van der Waals surface area contributed by atoms with Crippen LogP contribution in [0.1, 0.15) is 19.8 Å². The Morgan fingerprint density at radius 2 is 2.17 bits per heavy atom. The summed E-state index contributed by atoms with van der Waals surface area (Å²) in [4.78, 5) is 13.3. The molecule has 1 amide bonds. The maximum absolute atomic E-state index is 11.5. The monoisotopic (exact) mass is 170 g/mol. The first-order chi connectivity index (χ1) is 5.69. The van der Waals surface area contributed by atoms with Crippen LogP contribution in [-0.4, -0.2) is 37.5 Å². The van der Waals surface area contributed by atoms with E-state index in [9.17, 15) is 4.79 Å². The zero-order chi connectivity index (χ0) is 9.14. The van der Waals surface area contributed by atoms with Crippen LogP contribution < -0.4 is 5.32 Å². The van der Waals surface area contributed by atoms with Gasteiger partial charge < -0.3 is 10.2 Å². The Morgan fingerprint density at radius 3 is 2.58 bits per heavy atom. The van der Waals surface area contributed by atoms with Gasteiger partial charge in [-0.25, -0.2) is 0 Å². The zero-order valence-electron chi connectivity index (χ0n) is 8.13. The second kappa shape index (κ2) is 3.90. The third kappa shape index (κ3) is 1.78. The predicted molar refractivity (Wildman–Crippen MR) is 48.9 cm³/mol. The van der Waals surface area contributed by atoms with E-state index in [4.69, 9.17) is 0 Å². The summed E-state index contributed by atoms with van der Waals surface area (Å²) < 4.78 is 0. The highest BCUT2D eigenvalue weighted by Gasteiger charge is 2.34. The van der Waals surface area contributed by atoms with E-state index in [-0.39, 0.29) is 5.92 Å². The summed E-state index contributed by atoms with van der Waals surface area (Å²) in [5.74, 6) is 0.594. The Hall–Kier alpha value is -0.570. The summed E-state index contributed by atoms with van der Waals surface area (Å²) in [6.45, 7) is 2.83. The molecule has 1 N–H and O–H groups in total. The molecule has 0 bridgehead atoms. The maximum Gasteiger partial charge on any atom is 0.225 e. The van der Waals surface area contributed by atoms with E-state index in [0.29, 0.717) is 11.9 Å². The predicted octanol–water partition coefficient (Wildman–Crippen LogP) is 0.463. The van der Waals surface area contributed by atoms with E-state index in [1.54, 1.807) is 4.90 Å². The highest BCUT2D eigenvalue weighted by atomic mass is 16.2. The molecular formula is C9H18N2O. The van der Waals surface area contributed by atoms with Gasteiger partial charge in [0.2, 0.25) is 5.91 Å². The second-order valence-electron chi connectivity index (χ2n) is 3.51. The Labute approximate surface area is 74.1 Å². The third-order valence-corrected chi connectivity index (χ3v) is 2.75. The molecule has 0 aromatic rings. The summed E-state index contributed by atoms with van der Waals surface area (Å²) in [7, 11) is 3.82. The van der Waals surface area contributed by atoms with Gasteiger partial charge in [-0.3, -0.25) is 4.79 Å². The average molecular weight is 170 g/mol. The van der Waals surface area contributed by atoms with Crippen molar-refractivity contribution in [1.29, 1.82) is 0 Å². The number of hydrogen-bond acceptors (Lipinski definition) is 2. The highest BCUT2D eigenvalue weighted by Crippen LogP contribution is 2.28. The van der Waals surface area contributed by atoms with Gasteiger partial charge in [0, 0.05) is 25.6 Å². The number of amides is 1. The Morgan fingerprint density at radius 1 is 1.58 bits per heavy atom. The summed E-state index contributed by atoms with van der Waals surface area (Å²) in [5, 5.41) is 3.17. The third-order valence-electron chi connectivity index (χ3n) is 2.75. The molecule has 1 aliphatic carbocycles. The van der Waals surface area contributed by atoms with Crippen molar-refractivity contribution in [2.45, 2.75) is 25.8 Å². The molecular weight excluding hydrogens is 152 g/mol. The van der Waals surface area contributed by atoms with Gasteiger partial charge >= 0.3 is 0 Å². The van der Waals surface area contributed by atoms with E-state index in [1.165, 1.54) is 0 Å². The van der Waals surface area contributed by atoms with Crippen LogP contribution in [0.5, 0.6) is 0 Å². The van der Waals surface area contributed by atoms with Crippen LogP contribution >= 0.6 is 0 Å². The summed E-state index contributed by atoms with van der Waals surface area (Å²) in [6, 6.07) is 0.573. The number of carbonyl (C=O) groups is 1. The van der Waals surface area contributed by atoms with Gasteiger partial charge in [0.1, 0.15) is 0 Å². The molecule has 0 aromatic heterocycles. The van der Waals surface area contributed by atoms with Crippen molar-refractivity contribution in [3.05, 3.63) is 0 Å². The minimum absolute atomic E-state index is 0.285. The van der Waals surface area contributed by atoms with Crippen molar-refractivity contribution in [2.24, 2.45) is 5.92 Å². The molecule has 0 aromatic carbocycles. The molecule has 1 fully saturated rings. The first kappa shape index (κ1) is 9.52. The zero-order valence-corrected chi connectivity index (χ0v) is 8.13. The van der Waals surface area contributed by atoms with E-state index >= 15 is 0 Å². The van der Waals surface area contributed by atoms with Crippen LogP contribution in [0.25, 0.3) is 0 Å². The lowest BCUT2D eigenvalue weighted by molar-refractivity contribution is -0.137. The Bertz CT molecular complexity index is 164. The number of carbonyl (C=O) groups excluding carboxylic acids is 1. The number of hydrogen-bond donors (Lipinski definition) is 1. The van der Waals surface area contributed by atoms with Crippen LogP contribution in [0, 0.1) is 5.92 Å². The molecule has 0 heterocycles. The van der Waals surface area contributed by atoms with Crippen molar-refractivity contribution in [2.75, 3.05) is 20.6 Å². The minimum atomic E-state index is 0.285. The maximum atomic E-state index is 11.5. The van der Waals surface area contributed by atoms with Crippen LogP contribution in [0.4, 0.5) is 0 Å². The Kier molecular flexibility index (Phi) is 3.09. The highest BCUT2D eigenvalue weighted by molar-refractivity contribution is 5.79. The van der Waals surface area contributed by atoms with Gasteiger partial charge in [0.15, 0.2) is 0 Å². The molecule has 0 radical (unpaired) electrons. The summed E-state index contributed by atoms with van der Waals surface area (Å²) in [6.07, 6.45) is 2.03. The van der Waals surface area contributed by atoms with E-state index < -0.39 is 0 Å². The topological polar surface area (TPSA) is 32.3 Å². The first-order valence-corrected chi connectivity index (χ1v) is 4.61. The van der Waals surface area contributed by atoms with Gasteiger partial charge in [-0.2, -0.15) is 0 Å². The lowest BCUT2D eigenvalue weighted by atomic mass is 9.79. The number of nitrogens with one attached hydrogen (secondary N) is 1. The molecule has 0 unspecified atom stereocenters. The molecule has 0 spiro atoms. The fourth-order valence-corrected chi connectivity index (χ4v) is 1.52. The second-order valence-corrected chi connectivity index (χ2v) is 3.51. The molecule has 0 saturated heterocycles. The molecule has 0 aliphatic heterocycles. The van der Waals surface area contributed by atoms with E-state index in [2.05, 4.69) is 5.32 Å². The van der Waals surface area contributed by atoms with Crippen molar-refractivity contribution in [3.63, 3.8) is 0 Å². The smallest absolute Gasteiger partial charge is 0.225 e. The number of rotatable bonds is 3. The van der Waals surface area contributed by atoms with E-state index in [0.717, 1.165) is 19.4 Å². The molecule has 3 nitrogen and oxygen atoms in total. The summed E-state index contributed by atoms with van der Waals surface area (Å²) >= 11 is 0. The fourth-order valence-electron chi connectivity index (χ4n) is 1.52. The summed E-state index contributed by atoms with van der Waals surface area (Å²) in [5.41, 5.74) is 0. The molecule has 70 valence electrons. The quantitative estimate of drug-likeness (QED) is 0.667. The van der Waals surface area contributed by atoms with Crippen LogP contribution in [-0.2, 0) is 4.79 Å². The van der Waals surface area contributed by atoms with Gasteiger partial charge in [0.25, 0.3) is 0 Å². The van der Waals surface area contributed by atoms with Crippen molar-refractivity contribution >= 4 is 5.91 Å². The lowest BCUT2D eigenvalue weighted by Gasteiger charge is -2.36. The SMILES string of the molecule is CCN(C)C(=O)C1CC(NC)C1. The Balaban J connectivity index is 2.28. The average Bonchev–Trinajstić information content (AvgIpc) is 2.01. The lowest BCUT2D eigenvalue weighted by Crippen LogP contribution is -2.46. The minimum Gasteiger partial charge on any atom is -0.346 e. The van der Waals surface area contributed by atoms with Crippen molar-refractivity contribution < 1.29 is 4.79 Å². The van der Waals surface area contributed by atoms with Gasteiger partial charge in [0.05, 0.1) is 0 Å². The molecule has 1 aliphatic rings. The van der Waals surface area contributed by atoms with Gasteiger partial charge in [-0.05, 0) is 26.8 Å². The number of nitrogens with zero attached hydrogens (tertiary/aromatic N) is 1. The normalized spacial score (nSPS) is 27.9. The van der Waals surface area contributed by atoms with Crippen LogP contribution in [0.15, 0.2) is 0 Å².